The summed E-state index contributed by atoms with van der Waals surface area (Å²) in [5.41, 5.74) is 6.10. The largest absolute Gasteiger partial charge is 0.368 e. The normalized spacial score (nSPS) is 21.1. The van der Waals surface area contributed by atoms with Crippen LogP contribution >= 0.6 is 0 Å². The van der Waals surface area contributed by atoms with Crippen molar-refractivity contribution in [2.24, 2.45) is 10.7 Å². The van der Waals surface area contributed by atoms with Gasteiger partial charge in [-0.15, -0.1) is 0 Å². The Bertz CT molecular complexity index is 1170. The fourth-order valence-electron chi connectivity index (χ4n) is 4.09. The predicted molar refractivity (Wildman–Crippen MR) is 122 cm³/mol. The maximum absolute atomic E-state index is 13.7. The number of nitrogens with zero attached hydrogens (tertiary/aromatic N) is 3. The van der Waals surface area contributed by atoms with Gasteiger partial charge >= 0.3 is 0 Å². The Kier molecular flexibility index (Phi) is 5.64. The molecule has 0 spiro atoms. The van der Waals surface area contributed by atoms with Crippen molar-refractivity contribution in [3.63, 3.8) is 0 Å². The van der Waals surface area contributed by atoms with E-state index in [1.165, 1.54) is 0 Å². The SMILES string of the molecule is CS(=O)(=O)C1=NCC(C(=O)N2CCN(c3cccc(C(N)=O)c3)CC2)(c2ccccc2)N1. The molecule has 10 heteroatoms. The molecule has 0 radical (unpaired) electrons. The molecule has 1 atom stereocenters. The van der Waals surface area contributed by atoms with E-state index in [1.54, 1.807) is 35.2 Å². The van der Waals surface area contributed by atoms with Crippen molar-refractivity contribution in [1.29, 1.82) is 0 Å². The molecule has 9 nitrogen and oxygen atoms in total. The number of piperazine rings is 1. The molecule has 0 saturated carbocycles. The predicted octanol–water partition coefficient (Wildman–Crippen LogP) is 0.333. The lowest BCUT2D eigenvalue weighted by atomic mass is 9.88. The van der Waals surface area contributed by atoms with E-state index in [9.17, 15) is 18.0 Å². The highest BCUT2D eigenvalue weighted by Crippen LogP contribution is 2.30. The molecule has 2 amide bonds. The number of primary amides is 1. The number of hydrogen-bond acceptors (Lipinski definition) is 7. The first kappa shape index (κ1) is 21.8. The van der Waals surface area contributed by atoms with Crippen LogP contribution in [0, 0.1) is 0 Å². The third kappa shape index (κ3) is 4.05. The molecule has 0 aromatic heterocycles. The van der Waals surface area contributed by atoms with Crippen LogP contribution in [0.5, 0.6) is 0 Å². The van der Waals surface area contributed by atoms with Gasteiger partial charge in [-0.2, -0.15) is 0 Å². The van der Waals surface area contributed by atoms with Crippen LogP contribution in [0.15, 0.2) is 59.6 Å². The molecule has 2 heterocycles. The molecule has 2 aliphatic heterocycles. The summed E-state index contributed by atoms with van der Waals surface area (Å²) in [4.78, 5) is 33.2. The quantitative estimate of drug-likeness (QED) is 0.685. The van der Waals surface area contributed by atoms with Crippen molar-refractivity contribution in [3.05, 3.63) is 65.7 Å². The van der Waals surface area contributed by atoms with E-state index in [-0.39, 0.29) is 17.6 Å². The van der Waals surface area contributed by atoms with Gasteiger partial charge in [0.1, 0.15) is 0 Å². The van der Waals surface area contributed by atoms with Crippen molar-refractivity contribution < 1.29 is 18.0 Å². The number of nitrogens with one attached hydrogen (secondary N) is 1. The number of hydrogen-bond donors (Lipinski definition) is 2. The first-order valence-electron chi connectivity index (χ1n) is 10.2. The number of sulfone groups is 1. The Hall–Kier alpha value is -3.40. The number of amides is 2. The van der Waals surface area contributed by atoms with Crippen molar-refractivity contribution in [2.75, 3.05) is 43.9 Å². The Labute approximate surface area is 186 Å². The van der Waals surface area contributed by atoms with Crippen LogP contribution in [0.25, 0.3) is 0 Å². The molecular formula is C22H25N5O4S. The summed E-state index contributed by atoms with van der Waals surface area (Å²) in [7, 11) is -3.58. The van der Waals surface area contributed by atoms with Gasteiger partial charge in [0.15, 0.2) is 5.54 Å². The number of benzene rings is 2. The van der Waals surface area contributed by atoms with E-state index < -0.39 is 21.3 Å². The Morgan fingerprint density at radius 2 is 1.72 bits per heavy atom. The highest BCUT2D eigenvalue weighted by atomic mass is 32.2. The van der Waals surface area contributed by atoms with Crippen molar-refractivity contribution in [1.82, 2.24) is 10.2 Å². The standard InChI is InChI=1S/C22H25N5O4S/c1-32(30,31)21-24-15-22(25-21,17-7-3-2-4-8-17)20(29)27-12-10-26(11-13-27)18-9-5-6-16(14-18)19(23)28/h2-9,14H,10-13,15H2,1H3,(H2,23,28)(H,24,25). The molecule has 2 aromatic carbocycles. The minimum Gasteiger partial charge on any atom is -0.368 e. The molecule has 1 unspecified atom stereocenters. The zero-order valence-electron chi connectivity index (χ0n) is 17.7. The van der Waals surface area contributed by atoms with Crippen LogP contribution in [0.3, 0.4) is 0 Å². The van der Waals surface area contributed by atoms with E-state index in [0.29, 0.717) is 37.3 Å². The van der Waals surface area contributed by atoms with E-state index in [1.807, 2.05) is 24.3 Å². The van der Waals surface area contributed by atoms with Gasteiger partial charge < -0.3 is 20.9 Å². The fourth-order valence-corrected chi connectivity index (χ4v) is 4.74. The maximum Gasteiger partial charge on any atom is 0.255 e. The highest BCUT2D eigenvalue weighted by molar-refractivity contribution is 8.05. The molecule has 0 bridgehead atoms. The average Bonchev–Trinajstić information content (AvgIpc) is 3.27. The molecular weight excluding hydrogens is 430 g/mol. The molecule has 168 valence electrons. The molecule has 0 aliphatic carbocycles. The number of anilines is 1. The Morgan fingerprint density at radius 3 is 2.31 bits per heavy atom. The highest BCUT2D eigenvalue weighted by Gasteiger charge is 2.48. The van der Waals surface area contributed by atoms with Gasteiger partial charge in [0.2, 0.25) is 20.9 Å². The number of amidine groups is 1. The van der Waals surface area contributed by atoms with E-state index in [0.717, 1.165) is 11.9 Å². The van der Waals surface area contributed by atoms with Gasteiger partial charge in [0.25, 0.3) is 5.91 Å². The lowest BCUT2D eigenvalue weighted by Crippen LogP contribution is -2.60. The Morgan fingerprint density at radius 1 is 1.03 bits per heavy atom. The zero-order valence-corrected chi connectivity index (χ0v) is 18.5. The van der Waals surface area contributed by atoms with Crippen LogP contribution < -0.4 is 16.0 Å². The number of rotatable bonds is 4. The minimum absolute atomic E-state index is 0.0130. The number of aliphatic imine (C=N–C) groups is 1. The monoisotopic (exact) mass is 455 g/mol. The zero-order chi connectivity index (χ0) is 22.9. The second-order valence-electron chi connectivity index (χ2n) is 7.98. The molecule has 4 rings (SSSR count). The molecule has 32 heavy (non-hydrogen) atoms. The van der Waals surface area contributed by atoms with Crippen molar-refractivity contribution in [2.45, 2.75) is 5.54 Å². The van der Waals surface area contributed by atoms with Gasteiger partial charge in [0.05, 0.1) is 6.54 Å². The molecule has 1 fully saturated rings. The van der Waals surface area contributed by atoms with Crippen LogP contribution in [-0.4, -0.2) is 69.3 Å². The topological polar surface area (TPSA) is 125 Å². The summed E-state index contributed by atoms with van der Waals surface area (Å²) in [6, 6.07) is 16.2. The van der Waals surface area contributed by atoms with Gasteiger partial charge in [-0.3, -0.25) is 14.6 Å². The Balaban J connectivity index is 1.54. The van der Waals surface area contributed by atoms with Crippen molar-refractivity contribution in [3.8, 4) is 0 Å². The fraction of sp³-hybridized carbons (Fsp3) is 0.318. The number of nitrogens with two attached hydrogens (primary N) is 1. The maximum atomic E-state index is 13.7. The summed E-state index contributed by atoms with van der Waals surface area (Å²) in [5.74, 6) is -0.698. The first-order chi connectivity index (χ1) is 15.2. The van der Waals surface area contributed by atoms with Gasteiger partial charge in [-0.25, -0.2) is 8.42 Å². The smallest absolute Gasteiger partial charge is 0.255 e. The average molecular weight is 456 g/mol. The van der Waals surface area contributed by atoms with E-state index >= 15 is 0 Å². The van der Waals surface area contributed by atoms with Crippen LogP contribution in [-0.2, 0) is 20.2 Å². The third-order valence-electron chi connectivity index (χ3n) is 5.83. The third-order valence-corrected chi connectivity index (χ3v) is 6.76. The molecule has 2 aliphatic rings. The summed E-state index contributed by atoms with van der Waals surface area (Å²) in [6.07, 6.45) is 1.07. The summed E-state index contributed by atoms with van der Waals surface area (Å²) < 4.78 is 24.1. The number of carbonyl (C=O) groups is 2. The van der Waals surface area contributed by atoms with Crippen LogP contribution in [0.4, 0.5) is 5.69 Å². The molecule has 2 aromatic rings. The minimum atomic E-state index is -3.58. The molecule has 3 N–H and O–H groups in total. The van der Waals surface area contributed by atoms with Crippen LogP contribution in [0.2, 0.25) is 0 Å². The van der Waals surface area contributed by atoms with E-state index in [2.05, 4.69) is 15.2 Å². The first-order valence-corrected chi connectivity index (χ1v) is 12.1. The van der Waals surface area contributed by atoms with Gasteiger partial charge in [0, 0.05) is 43.7 Å². The second-order valence-corrected chi connectivity index (χ2v) is 9.91. The second kappa shape index (κ2) is 8.27. The summed E-state index contributed by atoms with van der Waals surface area (Å²) in [6.45, 7) is 2.05. The van der Waals surface area contributed by atoms with Crippen molar-refractivity contribution >= 4 is 32.5 Å². The van der Waals surface area contributed by atoms with Gasteiger partial charge in [-0.05, 0) is 23.8 Å². The lowest BCUT2D eigenvalue weighted by Gasteiger charge is -2.40. The lowest BCUT2D eigenvalue weighted by molar-refractivity contribution is -0.137. The van der Waals surface area contributed by atoms with E-state index in [4.69, 9.17) is 5.73 Å². The van der Waals surface area contributed by atoms with Crippen LogP contribution in [0.1, 0.15) is 15.9 Å². The summed E-state index contributed by atoms with van der Waals surface area (Å²) in [5, 5.41) is 2.76. The number of carbonyl (C=O) groups excluding carboxylic acids is 2. The summed E-state index contributed by atoms with van der Waals surface area (Å²) >= 11 is 0. The van der Waals surface area contributed by atoms with Gasteiger partial charge in [-0.1, -0.05) is 36.4 Å². The molecule has 1 saturated heterocycles.